The molecule has 0 fully saturated rings. The van der Waals surface area contributed by atoms with Crippen molar-refractivity contribution in [2.24, 2.45) is 10.8 Å². The Balaban J connectivity index is 3.05. The van der Waals surface area contributed by atoms with E-state index in [2.05, 4.69) is 23.2 Å². The Morgan fingerprint density at radius 2 is 2.18 bits per heavy atom. The van der Waals surface area contributed by atoms with E-state index in [0.29, 0.717) is 6.07 Å². The minimum Gasteiger partial charge on any atom is -0.382 e. The van der Waals surface area contributed by atoms with Crippen molar-refractivity contribution in [2.45, 2.75) is 4.90 Å². The normalized spacial score (nSPS) is 10.8. The molecule has 0 atom stereocenters. The van der Waals surface area contributed by atoms with Crippen LogP contribution < -0.4 is 11.2 Å². The number of nitrogens with two attached hydrogens (primary N) is 1. The van der Waals surface area contributed by atoms with Gasteiger partial charge in [-0.05, 0) is 6.07 Å². The highest BCUT2D eigenvalue weighted by Crippen LogP contribution is 2.24. The smallest absolute Gasteiger partial charge is 0.201 e. The van der Waals surface area contributed by atoms with E-state index in [9.17, 15) is 8.78 Å². The van der Waals surface area contributed by atoms with Crippen LogP contribution in [0.15, 0.2) is 22.1 Å². The maximum Gasteiger partial charge on any atom is 0.201 e. The van der Waals surface area contributed by atoms with Crippen molar-refractivity contribution in [1.29, 1.82) is 10.7 Å². The number of hydrogen-bond donors (Lipinski definition) is 4. The Morgan fingerprint density at radius 1 is 1.53 bits per heavy atom. The summed E-state index contributed by atoms with van der Waals surface area (Å²) in [6.07, 6.45) is 0. The maximum atomic E-state index is 13.3. The molecule has 5 nitrogen and oxygen atoms in total. The Labute approximate surface area is 101 Å². The van der Waals surface area contributed by atoms with Gasteiger partial charge in [-0.1, -0.05) is 0 Å². The van der Waals surface area contributed by atoms with Gasteiger partial charge in [-0.3, -0.25) is 10.8 Å². The Morgan fingerprint density at radius 3 is 2.65 bits per heavy atom. The third kappa shape index (κ3) is 3.15. The van der Waals surface area contributed by atoms with E-state index >= 15 is 0 Å². The van der Waals surface area contributed by atoms with Crippen molar-refractivity contribution in [3.05, 3.63) is 23.8 Å². The molecule has 0 saturated heterocycles. The summed E-state index contributed by atoms with van der Waals surface area (Å²) in [5, 5.41) is 18.9. The van der Waals surface area contributed by atoms with Crippen LogP contribution in [0.5, 0.6) is 0 Å². The van der Waals surface area contributed by atoms with Crippen molar-refractivity contribution in [3.63, 3.8) is 0 Å². The summed E-state index contributed by atoms with van der Waals surface area (Å²) in [4.78, 5) is -0.0212. The van der Waals surface area contributed by atoms with Crippen LogP contribution in [0.2, 0.25) is 0 Å². The fourth-order valence-electron chi connectivity index (χ4n) is 0.928. The second-order valence-electron chi connectivity index (χ2n) is 2.88. The summed E-state index contributed by atoms with van der Waals surface area (Å²) in [5.74, 6) is -2.27. The summed E-state index contributed by atoms with van der Waals surface area (Å²) >= 11 is 3.84. The molecule has 0 aliphatic rings. The highest BCUT2D eigenvalue weighted by molar-refractivity contribution is 7.80. The zero-order valence-electron chi connectivity index (χ0n) is 8.33. The van der Waals surface area contributed by atoms with Crippen LogP contribution in [0.3, 0.4) is 0 Å². The van der Waals surface area contributed by atoms with E-state index in [-0.39, 0.29) is 10.6 Å². The first-order valence-electron chi connectivity index (χ1n) is 4.22. The van der Waals surface area contributed by atoms with Crippen LogP contribution >= 0.6 is 12.6 Å². The minimum absolute atomic E-state index is 0.0212. The average molecular weight is 255 g/mol. The first kappa shape index (κ1) is 12.9. The van der Waals surface area contributed by atoms with Crippen LogP contribution in [0.1, 0.15) is 0 Å². The van der Waals surface area contributed by atoms with Gasteiger partial charge in [0.2, 0.25) is 5.71 Å². The van der Waals surface area contributed by atoms with E-state index in [4.69, 9.17) is 16.4 Å². The molecule has 0 saturated carbocycles. The topological polar surface area (TPSA) is 98.0 Å². The molecule has 4 N–H and O–H groups in total. The van der Waals surface area contributed by atoms with Gasteiger partial charge in [0.1, 0.15) is 17.6 Å². The predicted octanol–water partition coefficient (Wildman–Crippen LogP) is 1.48. The van der Waals surface area contributed by atoms with Crippen LogP contribution in [0.4, 0.5) is 14.5 Å². The van der Waals surface area contributed by atoms with E-state index in [1.165, 1.54) is 6.07 Å². The first-order chi connectivity index (χ1) is 7.95. The number of amidine groups is 1. The third-order valence-corrected chi connectivity index (χ3v) is 2.03. The molecule has 0 amide bonds. The lowest BCUT2D eigenvalue weighted by Gasteiger charge is -2.06. The highest BCUT2D eigenvalue weighted by atomic mass is 32.1. The predicted molar refractivity (Wildman–Crippen MR) is 62.2 cm³/mol. The summed E-state index contributed by atoms with van der Waals surface area (Å²) in [5.41, 5.74) is 6.58. The average Bonchev–Trinajstić information content (AvgIpc) is 2.21. The van der Waals surface area contributed by atoms with Crippen molar-refractivity contribution in [2.75, 3.05) is 5.43 Å². The fraction of sp³-hybridized carbons (Fsp3) is 0. The fourth-order valence-corrected chi connectivity index (χ4v) is 1.21. The van der Waals surface area contributed by atoms with Crippen LogP contribution in [0.25, 0.3) is 0 Å². The van der Waals surface area contributed by atoms with Crippen molar-refractivity contribution >= 4 is 29.9 Å². The van der Waals surface area contributed by atoms with Gasteiger partial charge in [0, 0.05) is 11.0 Å². The molecule has 1 rings (SSSR count). The maximum absolute atomic E-state index is 13.3. The number of nitriles is 1. The Kier molecular flexibility index (Phi) is 4.01. The molecular formula is C9H7F2N5S. The van der Waals surface area contributed by atoms with Gasteiger partial charge in [-0.25, -0.2) is 8.78 Å². The van der Waals surface area contributed by atoms with Gasteiger partial charge in [0.05, 0.1) is 0 Å². The van der Waals surface area contributed by atoms with E-state index in [0.717, 1.165) is 6.07 Å². The lowest BCUT2D eigenvalue weighted by atomic mass is 10.3. The largest absolute Gasteiger partial charge is 0.382 e. The zero-order chi connectivity index (χ0) is 13.0. The van der Waals surface area contributed by atoms with Crippen molar-refractivity contribution in [1.82, 2.24) is 0 Å². The highest BCUT2D eigenvalue weighted by Gasteiger charge is 2.09. The molecule has 0 spiro atoms. The molecule has 0 aromatic heterocycles. The van der Waals surface area contributed by atoms with Crippen LogP contribution in [-0.2, 0) is 0 Å². The van der Waals surface area contributed by atoms with Gasteiger partial charge in [0.25, 0.3) is 0 Å². The van der Waals surface area contributed by atoms with E-state index < -0.39 is 23.2 Å². The molecule has 8 heteroatoms. The Hall–Kier alpha value is -2.14. The monoisotopic (exact) mass is 255 g/mol. The molecule has 0 radical (unpaired) electrons. The number of rotatable bonds is 3. The molecule has 0 heterocycles. The molecule has 0 aliphatic heterocycles. The van der Waals surface area contributed by atoms with Gasteiger partial charge in [-0.15, -0.1) is 12.6 Å². The second-order valence-corrected chi connectivity index (χ2v) is 3.36. The number of nitrogens with one attached hydrogen (secondary N) is 2. The number of anilines is 1. The number of halogens is 2. The number of benzene rings is 1. The lowest BCUT2D eigenvalue weighted by Crippen LogP contribution is -2.22. The third-order valence-electron chi connectivity index (χ3n) is 1.67. The standard InChI is InChI=1S/C9H7F2N5S/c10-4-1-5(11)8(7(17)2-4)16-15-6(3-12)9(13)14/h1-2,16-17H,(H3,13,14)/b15-6+. The van der Waals surface area contributed by atoms with Crippen LogP contribution in [0, 0.1) is 28.4 Å². The molecule has 0 unspecified atom stereocenters. The number of thiol groups is 1. The summed E-state index contributed by atoms with van der Waals surface area (Å²) in [6, 6.07) is 3.15. The van der Waals surface area contributed by atoms with Crippen LogP contribution in [-0.4, -0.2) is 11.5 Å². The molecule has 1 aromatic carbocycles. The molecule has 0 bridgehead atoms. The molecular weight excluding hydrogens is 248 g/mol. The van der Waals surface area contributed by atoms with E-state index in [1.807, 2.05) is 0 Å². The molecule has 0 aliphatic carbocycles. The van der Waals surface area contributed by atoms with Gasteiger partial charge < -0.3 is 5.73 Å². The van der Waals surface area contributed by atoms with Gasteiger partial charge >= 0.3 is 0 Å². The molecule has 1 aromatic rings. The van der Waals surface area contributed by atoms with Crippen molar-refractivity contribution in [3.8, 4) is 6.07 Å². The van der Waals surface area contributed by atoms with Crippen molar-refractivity contribution < 1.29 is 8.78 Å². The number of hydrazone groups is 1. The number of nitrogens with zero attached hydrogens (tertiary/aromatic N) is 2. The summed E-state index contributed by atoms with van der Waals surface area (Å²) in [7, 11) is 0. The minimum atomic E-state index is -0.917. The SMILES string of the molecule is N#C/C(=N\Nc1c(F)cc(F)cc1S)C(=N)N. The zero-order valence-corrected chi connectivity index (χ0v) is 9.22. The second kappa shape index (κ2) is 5.27. The Bertz CT molecular complexity index is 512. The summed E-state index contributed by atoms with van der Waals surface area (Å²) < 4.78 is 26.0. The van der Waals surface area contributed by atoms with Gasteiger partial charge in [0.15, 0.2) is 11.7 Å². The summed E-state index contributed by atoms with van der Waals surface area (Å²) in [6.45, 7) is 0. The van der Waals surface area contributed by atoms with Gasteiger partial charge in [-0.2, -0.15) is 10.4 Å². The quantitative estimate of drug-likeness (QED) is 0.285. The molecule has 88 valence electrons. The lowest BCUT2D eigenvalue weighted by molar-refractivity contribution is 0.580. The number of hydrogen-bond acceptors (Lipinski definition) is 5. The first-order valence-corrected chi connectivity index (χ1v) is 4.66. The molecule has 17 heavy (non-hydrogen) atoms. The van der Waals surface area contributed by atoms with E-state index in [1.54, 1.807) is 0 Å².